The van der Waals surface area contributed by atoms with Gasteiger partial charge in [-0.3, -0.25) is 9.69 Å². The van der Waals surface area contributed by atoms with Crippen LogP contribution in [0.1, 0.15) is 22.5 Å². The van der Waals surface area contributed by atoms with Crippen LogP contribution in [0.5, 0.6) is 0 Å². The minimum absolute atomic E-state index is 0.0386. The van der Waals surface area contributed by atoms with E-state index in [0.717, 1.165) is 32.4 Å². The second-order valence-corrected chi connectivity index (χ2v) is 8.87. The Morgan fingerprint density at radius 2 is 1.86 bits per heavy atom. The standard InChI is InChI=1S/C23H22N2O2S2/c1-16-10-11-17(2)22-21(16)24-23(29-22)25(13-19-9-6-12-27-19)20(26)15-28-14-18-7-4-3-5-8-18/h3-12H,13-15H2,1-2H3. The van der Waals surface area contributed by atoms with E-state index in [1.54, 1.807) is 34.3 Å². The zero-order chi connectivity index (χ0) is 20.2. The Bertz CT molecular complexity index is 1070. The van der Waals surface area contributed by atoms with Crippen molar-refractivity contribution in [3.8, 4) is 0 Å². The van der Waals surface area contributed by atoms with Crippen molar-refractivity contribution in [2.75, 3.05) is 10.7 Å². The SMILES string of the molecule is Cc1ccc(C)c2sc(N(Cc3ccco3)C(=O)CSCc3ccccc3)nc12. The number of carbonyl (C=O) groups is 1. The Morgan fingerprint density at radius 1 is 1.07 bits per heavy atom. The number of amides is 1. The average Bonchev–Trinajstić information content (AvgIpc) is 3.40. The maximum atomic E-state index is 13.1. The number of anilines is 1. The van der Waals surface area contributed by atoms with Crippen LogP contribution in [-0.4, -0.2) is 16.6 Å². The summed E-state index contributed by atoms with van der Waals surface area (Å²) in [5.74, 6) is 1.98. The molecular weight excluding hydrogens is 400 g/mol. The molecule has 0 atom stereocenters. The van der Waals surface area contributed by atoms with E-state index >= 15 is 0 Å². The van der Waals surface area contributed by atoms with Crippen molar-refractivity contribution in [1.29, 1.82) is 0 Å². The Morgan fingerprint density at radius 3 is 2.59 bits per heavy atom. The van der Waals surface area contributed by atoms with E-state index in [9.17, 15) is 4.79 Å². The van der Waals surface area contributed by atoms with Gasteiger partial charge in [0, 0.05) is 5.75 Å². The van der Waals surface area contributed by atoms with Crippen molar-refractivity contribution in [2.24, 2.45) is 0 Å². The number of aromatic nitrogens is 1. The lowest BCUT2D eigenvalue weighted by Gasteiger charge is -2.18. The van der Waals surface area contributed by atoms with Crippen molar-refractivity contribution >= 4 is 44.4 Å². The normalized spacial score (nSPS) is 11.1. The second-order valence-electron chi connectivity index (χ2n) is 6.91. The van der Waals surface area contributed by atoms with Gasteiger partial charge in [-0.25, -0.2) is 4.98 Å². The highest BCUT2D eigenvalue weighted by Gasteiger charge is 2.22. The molecular formula is C23H22N2O2S2. The highest BCUT2D eigenvalue weighted by atomic mass is 32.2. The summed E-state index contributed by atoms with van der Waals surface area (Å²) < 4.78 is 6.64. The van der Waals surface area contributed by atoms with E-state index in [0.29, 0.717) is 12.3 Å². The highest BCUT2D eigenvalue weighted by Crippen LogP contribution is 2.34. The number of furan rings is 1. The highest BCUT2D eigenvalue weighted by molar-refractivity contribution is 7.99. The molecule has 2 aromatic carbocycles. The smallest absolute Gasteiger partial charge is 0.239 e. The Labute approximate surface area is 178 Å². The number of fused-ring (bicyclic) bond motifs is 1. The van der Waals surface area contributed by atoms with Gasteiger partial charge < -0.3 is 4.42 Å². The van der Waals surface area contributed by atoms with Gasteiger partial charge in [-0.05, 0) is 42.7 Å². The Hall–Kier alpha value is -2.57. The summed E-state index contributed by atoms with van der Waals surface area (Å²) in [5.41, 5.74) is 4.49. The topological polar surface area (TPSA) is 46.3 Å². The van der Waals surface area contributed by atoms with Gasteiger partial charge in [-0.15, -0.1) is 11.8 Å². The van der Waals surface area contributed by atoms with Crippen LogP contribution < -0.4 is 4.90 Å². The quantitative estimate of drug-likeness (QED) is 0.368. The summed E-state index contributed by atoms with van der Waals surface area (Å²) in [6.07, 6.45) is 1.63. The minimum atomic E-state index is 0.0386. The maximum Gasteiger partial charge on any atom is 0.239 e. The van der Waals surface area contributed by atoms with Crippen LogP contribution >= 0.6 is 23.1 Å². The summed E-state index contributed by atoms with van der Waals surface area (Å²) in [7, 11) is 0. The van der Waals surface area contributed by atoms with Gasteiger partial charge in [-0.1, -0.05) is 53.8 Å². The molecule has 0 N–H and O–H groups in total. The van der Waals surface area contributed by atoms with Crippen LogP contribution in [0.2, 0.25) is 0 Å². The fraction of sp³-hybridized carbons (Fsp3) is 0.217. The number of rotatable bonds is 7. The van der Waals surface area contributed by atoms with Gasteiger partial charge in [-0.2, -0.15) is 0 Å². The lowest BCUT2D eigenvalue weighted by atomic mass is 10.1. The summed E-state index contributed by atoms with van der Waals surface area (Å²) in [6.45, 7) is 4.52. The maximum absolute atomic E-state index is 13.1. The van der Waals surface area contributed by atoms with Crippen LogP contribution in [-0.2, 0) is 17.1 Å². The lowest BCUT2D eigenvalue weighted by molar-refractivity contribution is -0.116. The zero-order valence-electron chi connectivity index (χ0n) is 16.4. The number of thioether (sulfide) groups is 1. The molecule has 2 heterocycles. The van der Waals surface area contributed by atoms with Gasteiger partial charge in [0.05, 0.1) is 28.8 Å². The predicted octanol–water partition coefficient (Wildman–Crippen LogP) is 5.97. The van der Waals surface area contributed by atoms with E-state index in [-0.39, 0.29) is 5.91 Å². The first-order valence-electron chi connectivity index (χ1n) is 9.43. The molecule has 0 bridgehead atoms. The predicted molar refractivity (Wildman–Crippen MR) is 122 cm³/mol. The molecule has 0 spiro atoms. The third-order valence-corrected chi connectivity index (χ3v) is 6.90. The number of benzene rings is 2. The fourth-order valence-electron chi connectivity index (χ4n) is 3.09. The molecule has 4 aromatic rings. The molecule has 0 unspecified atom stereocenters. The molecule has 29 heavy (non-hydrogen) atoms. The van der Waals surface area contributed by atoms with E-state index in [1.807, 2.05) is 30.3 Å². The van der Waals surface area contributed by atoms with Gasteiger partial charge in [0.2, 0.25) is 5.91 Å². The molecule has 0 aliphatic heterocycles. The number of hydrogen-bond donors (Lipinski definition) is 0. The molecule has 6 heteroatoms. The molecule has 4 nitrogen and oxygen atoms in total. The first kappa shape index (κ1) is 19.7. The molecule has 0 aliphatic rings. The van der Waals surface area contributed by atoms with E-state index in [1.165, 1.54) is 11.1 Å². The van der Waals surface area contributed by atoms with Crippen molar-refractivity contribution in [2.45, 2.75) is 26.1 Å². The number of thiazole rings is 1. The first-order valence-corrected chi connectivity index (χ1v) is 11.4. The molecule has 0 radical (unpaired) electrons. The van der Waals surface area contributed by atoms with Gasteiger partial charge in [0.15, 0.2) is 5.13 Å². The number of carbonyl (C=O) groups excluding carboxylic acids is 1. The minimum Gasteiger partial charge on any atom is -0.467 e. The van der Waals surface area contributed by atoms with E-state index in [4.69, 9.17) is 9.40 Å². The van der Waals surface area contributed by atoms with E-state index < -0.39 is 0 Å². The number of aryl methyl sites for hydroxylation is 2. The lowest BCUT2D eigenvalue weighted by Crippen LogP contribution is -2.31. The molecule has 0 saturated heterocycles. The molecule has 1 amide bonds. The van der Waals surface area contributed by atoms with Crippen LogP contribution in [0.25, 0.3) is 10.2 Å². The van der Waals surface area contributed by atoms with Crippen LogP contribution in [0.3, 0.4) is 0 Å². The average molecular weight is 423 g/mol. The van der Waals surface area contributed by atoms with Crippen LogP contribution in [0, 0.1) is 13.8 Å². The summed E-state index contributed by atoms with van der Waals surface area (Å²) >= 11 is 3.19. The van der Waals surface area contributed by atoms with Crippen molar-refractivity contribution in [3.05, 3.63) is 83.3 Å². The van der Waals surface area contributed by atoms with Crippen molar-refractivity contribution in [3.63, 3.8) is 0 Å². The Balaban J connectivity index is 1.57. The van der Waals surface area contributed by atoms with Gasteiger partial charge in [0.25, 0.3) is 0 Å². The monoisotopic (exact) mass is 422 g/mol. The third kappa shape index (κ3) is 4.54. The summed E-state index contributed by atoms with van der Waals surface area (Å²) in [6, 6.07) is 18.1. The van der Waals surface area contributed by atoms with Crippen molar-refractivity contribution in [1.82, 2.24) is 4.98 Å². The van der Waals surface area contributed by atoms with Gasteiger partial charge in [0.1, 0.15) is 5.76 Å². The van der Waals surface area contributed by atoms with E-state index in [2.05, 4.69) is 38.1 Å². The molecule has 0 aliphatic carbocycles. The zero-order valence-corrected chi connectivity index (χ0v) is 18.1. The number of nitrogens with zero attached hydrogens (tertiary/aromatic N) is 2. The molecule has 2 aromatic heterocycles. The van der Waals surface area contributed by atoms with Crippen molar-refractivity contribution < 1.29 is 9.21 Å². The summed E-state index contributed by atoms with van der Waals surface area (Å²) in [4.78, 5) is 19.7. The second kappa shape index (κ2) is 8.84. The van der Waals surface area contributed by atoms with Gasteiger partial charge >= 0.3 is 0 Å². The van der Waals surface area contributed by atoms with Crippen LogP contribution in [0.4, 0.5) is 5.13 Å². The fourth-order valence-corrected chi connectivity index (χ4v) is 5.08. The number of hydrogen-bond acceptors (Lipinski definition) is 5. The molecule has 4 rings (SSSR count). The summed E-state index contributed by atoms with van der Waals surface area (Å²) in [5, 5.41) is 0.721. The first-order chi connectivity index (χ1) is 14.1. The molecule has 0 fully saturated rings. The van der Waals surface area contributed by atoms with Crippen LogP contribution in [0.15, 0.2) is 65.3 Å². The third-order valence-electron chi connectivity index (χ3n) is 4.69. The molecule has 148 valence electrons. The molecule has 0 saturated carbocycles. The Kier molecular flexibility index (Phi) is 6.02. The largest absolute Gasteiger partial charge is 0.467 e.